The zero-order valence-electron chi connectivity index (χ0n) is 11.5. The van der Waals surface area contributed by atoms with E-state index in [1.54, 1.807) is 5.19 Å². The number of nitrogens with zero attached hydrogens (tertiary/aromatic N) is 1. The minimum Gasteiger partial charge on any atom is -0.314 e. The fourth-order valence-corrected chi connectivity index (χ4v) is 3.28. The summed E-state index contributed by atoms with van der Waals surface area (Å²) < 4.78 is 0. The van der Waals surface area contributed by atoms with Crippen LogP contribution >= 0.6 is 0 Å². The average molecular weight is 248 g/mol. The molecule has 1 aromatic rings. The molecule has 94 valence electrons. The topological polar surface area (TPSA) is 15.3 Å². The third kappa shape index (κ3) is 3.18. The van der Waals surface area contributed by atoms with Crippen LogP contribution in [0.25, 0.3) is 0 Å². The molecule has 0 aromatic heterocycles. The summed E-state index contributed by atoms with van der Waals surface area (Å²) in [6.07, 6.45) is 0. The molecule has 1 N–H and O–H groups in total. The molecule has 2 rings (SSSR count). The van der Waals surface area contributed by atoms with Crippen molar-refractivity contribution in [3.05, 3.63) is 29.8 Å². The summed E-state index contributed by atoms with van der Waals surface area (Å²) in [5.41, 5.74) is 1.43. The van der Waals surface area contributed by atoms with E-state index in [1.165, 1.54) is 5.56 Å². The maximum atomic E-state index is 3.32. The Morgan fingerprint density at radius 3 is 2.18 bits per heavy atom. The minimum atomic E-state index is -1.14. The van der Waals surface area contributed by atoms with Crippen LogP contribution in [0, 0.1) is 0 Å². The Balaban J connectivity index is 1.98. The SMILES string of the molecule is CN(Cc1ccc([Si](C)(C)C)cc1)C1CNC1. The first-order chi connectivity index (χ1) is 7.97. The zero-order chi connectivity index (χ0) is 12.5. The summed E-state index contributed by atoms with van der Waals surface area (Å²) in [5, 5.41) is 4.87. The molecule has 0 radical (unpaired) electrons. The lowest BCUT2D eigenvalue weighted by Gasteiger charge is -2.35. The van der Waals surface area contributed by atoms with E-state index in [1.807, 2.05) is 0 Å². The fraction of sp³-hybridized carbons (Fsp3) is 0.571. The number of benzene rings is 1. The van der Waals surface area contributed by atoms with Gasteiger partial charge in [0.2, 0.25) is 0 Å². The lowest BCUT2D eigenvalue weighted by atomic mass is 10.1. The molecule has 1 aliphatic rings. The van der Waals surface area contributed by atoms with Crippen molar-refractivity contribution in [3.8, 4) is 0 Å². The Bertz CT molecular complexity index is 363. The summed E-state index contributed by atoms with van der Waals surface area (Å²) in [5.74, 6) is 0. The molecule has 0 saturated carbocycles. The fourth-order valence-electron chi connectivity index (χ4n) is 2.11. The minimum absolute atomic E-state index is 0.728. The van der Waals surface area contributed by atoms with Crippen LogP contribution in [0.2, 0.25) is 19.6 Å². The Morgan fingerprint density at radius 2 is 1.76 bits per heavy atom. The second-order valence-corrected chi connectivity index (χ2v) is 11.3. The van der Waals surface area contributed by atoms with Crippen molar-refractivity contribution in [3.63, 3.8) is 0 Å². The Morgan fingerprint density at radius 1 is 1.18 bits per heavy atom. The molecule has 1 aromatic carbocycles. The van der Waals surface area contributed by atoms with Gasteiger partial charge in [0.1, 0.15) is 0 Å². The molecule has 0 spiro atoms. The van der Waals surface area contributed by atoms with Crippen LogP contribution in [0.1, 0.15) is 5.56 Å². The number of hydrogen-bond acceptors (Lipinski definition) is 2. The van der Waals surface area contributed by atoms with E-state index in [4.69, 9.17) is 0 Å². The number of hydrogen-bond donors (Lipinski definition) is 1. The molecular weight excluding hydrogens is 224 g/mol. The van der Waals surface area contributed by atoms with E-state index >= 15 is 0 Å². The van der Waals surface area contributed by atoms with Gasteiger partial charge in [-0.15, -0.1) is 0 Å². The maximum Gasteiger partial charge on any atom is 0.0775 e. The smallest absolute Gasteiger partial charge is 0.0775 e. The summed E-state index contributed by atoms with van der Waals surface area (Å²) >= 11 is 0. The van der Waals surface area contributed by atoms with Crippen molar-refractivity contribution >= 4 is 13.3 Å². The van der Waals surface area contributed by atoms with Crippen LogP contribution in [-0.4, -0.2) is 39.2 Å². The molecule has 2 nitrogen and oxygen atoms in total. The van der Waals surface area contributed by atoms with Gasteiger partial charge in [-0.05, 0) is 12.6 Å². The van der Waals surface area contributed by atoms with Gasteiger partial charge in [-0.2, -0.15) is 0 Å². The molecule has 3 heteroatoms. The van der Waals surface area contributed by atoms with E-state index in [-0.39, 0.29) is 0 Å². The standard InChI is InChI=1S/C14H24N2Si/c1-16(13-9-15-10-13)11-12-5-7-14(8-6-12)17(2,3)4/h5-8,13,15H,9-11H2,1-4H3. The highest BCUT2D eigenvalue weighted by Crippen LogP contribution is 2.10. The van der Waals surface area contributed by atoms with Crippen LogP contribution in [0.4, 0.5) is 0 Å². The predicted octanol–water partition coefficient (Wildman–Crippen LogP) is 1.64. The highest BCUT2D eigenvalue weighted by atomic mass is 28.3. The number of nitrogens with one attached hydrogen (secondary N) is 1. The summed E-state index contributed by atoms with van der Waals surface area (Å²) in [6.45, 7) is 10.5. The van der Waals surface area contributed by atoms with Crippen molar-refractivity contribution in [2.75, 3.05) is 20.1 Å². The monoisotopic (exact) mass is 248 g/mol. The van der Waals surface area contributed by atoms with Gasteiger partial charge in [-0.1, -0.05) is 49.1 Å². The van der Waals surface area contributed by atoms with E-state index in [0.717, 1.165) is 25.7 Å². The Hall–Kier alpha value is -0.643. The normalized spacial score (nSPS) is 17.2. The molecule has 1 saturated heterocycles. The Labute approximate surface area is 106 Å². The summed E-state index contributed by atoms with van der Waals surface area (Å²) in [7, 11) is 1.08. The molecule has 0 atom stereocenters. The van der Waals surface area contributed by atoms with E-state index in [2.05, 4.69) is 61.2 Å². The van der Waals surface area contributed by atoms with Crippen molar-refractivity contribution in [2.45, 2.75) is 32.2 Å². The second kappa shape index (κ2) is 4.92. The first-order valence-electron chi connectivity index (χ1n) is 6.47. The van der Waals surface area contributed by atoms with Crippen LogP contribution in [-0.2, 0) is 6.54 Å². The summed E-state index contributed by atoms with van der Waals surface area (Å²) in [4.78, 5) is 2.44. The van der Waals surface area contributed by atoms with Gasteiger partial charge in [0.05, 0.1) is 8.07 Å². The van der Waals surface area contributed by atoms with Gasteiger partial charge in [0.25, 0.3) is 0 Å². The van der Waals surface area contributed by atoms with Gasteiger partial charge in [-0.25, -0.2) is 0 Å². The lowest BCUT2D eigenvalue weighted by molar-refractivity contribution is 0.173. The van der Waals surface area contributed by atoms with Crippen molar-refractivity contribution < 1.29 is 0 Å². The highest BCUT2D eigenvalue weighted by molar-refractivity contribution is 6.88. The lowest BCUT2D eigenvalue weighted by Crippen LogP contribution is -2.55. The van der Waals surface area contributed by atoms with Crippen molar-refractivity contribution in [1.82, 2.24) is 10.2 Å². The molecule has 17 heavy (non-hydrogen) atoms. The molecule has 0 unspecified atom stereocenters. The van der Waals surface area contributed by atoms with Gasteiger partial charge in [0.15, 0.2) is 0 Å². The molecule has 0 amide bonds. The second-order valence-electron chi connectivity index (χ2n) is 6.17. The van der Waals surface area contributed by atoms with Gasteiger partial charge < -0.3 is 5.32 Å². The number of likely N-dealkylation sites (N-methyl/N-ethyl adjacent to an activating group) is 1. The van der Waals surface area contributed by atoms with Crippen LogP contribution in [0.15, 0.2) is 24.3 Å². The Kier molecular flexibility index (Phi) is 3.71. The quantitative estimate of drug-likeness (QED) is 0.815. The third-order valence-electron chi connectivity index (χ3n) is 3.64. The average Bonchev–Trinajstić information content (AvgIpc) is 2.13. The van der Waals surface area contributed by atoms with Crippen molar-refractivity contribution in [2.24, 2.45) is 0 Å². The summed E-state index contributed by atoms with van der Waals surface area (Å²) in [6, 6.07) is 9.99. The van der Waals surface area contributed by atoms with Crippen LogP contribution < -0.4 is 10.5 Å². The molecule has 1 heterocycles. The zero-order valence-corrected chi connectivity index (χ0v) is 12.5. The molecule has 1 fully saturated rings. The van der Waals surface area contributed by atoms with E-state index < -0.39 is 8.07 Å². The molecule has 0 bridgehead atoms. The first-order valence-corrected chi connectivity index (χ1v) is 9.97. The maximum absolute atomic E-state index is 3.32. The van der Waals surface area contributed by atoms with Crippen molar-refractivity contribution in [1.29, 1.82) is 0 Å². The van der Waals surface area contributed by atoms with Crippen LogP contribution in [0.5, 0.6) is 0 Å². The largest absolute Gasteiger partial charge is 0.314 e. The predicted molar refractivity (Wildman–Crippen MR) is 77.5 cm³/mol. The van der Waals surface area contributed by atoms with Gasteiger partial charge in [-0.3, -0.25) is 4.90 Å². The third-order valence-corrected chi connectivity index (χ3v) is 5.70. The van der Waals surface area contributed by atoms with Gasteiger partial charge >= 0.3 is 0 Å². The molecule has 1 aliphatic heterocycles. The highest BCUT2D eigenvalue weighted by Gasteiger charge is 2.21. The first kappa shape index (κ1) is 12.8. The van der Waals surface area contributed by atoms with E-state index in [0.29, 0.717) is 0 Å². The van der Waals surface area contributed by atoms with Gasteiger partial charge in [0, 0.05) is 25.7 Å². The van der Waals surface area contributed by atoms with E-state index in [9.17, 15) is 0 Å². The molecule has 0 aliphatic carbocycles. The number of rotatable bonds is 4. The van der Waals surface area contributed by atoms with Crippen LogP contribution in [0.3, 0.4) is 0 Å². The molecular formula is C14H24N2Si.